The van der Waals surface area contributed by atoms with E-state index in [1.54, 1.807) is 32.0 Å². The van der Waals surface area contributed by atoms with E-state index in [9.17, 15) is 18.0 Å². The van der Waals surface area contributed by atoms with Crippen LogP contribution in [-0.4, -0.2) is 5.78 Å². The Labute approximate surface area is 132 Å². The van der Waals surface area contributed by atoms with Gasteiger partial charge in [0.2, 0.25) is 0 Å². The second-order valence-electron chi connectivity index (χ2n) is 4.91. The first-order chi connectivity index (χ1) is 9.68. The number of benzene rings is 1. The van der Waals surface area contributed by atoms with Crippen LogP contribution in [0.4, 0.5) is 13.2 Å². The minimum atomic E-state index is -4.40. The van der Waals surface area contributed by atoms with Crippen LogP contribution < -0.4 is 0 Å². The number of rotatable bonds is 3. The summed E-state index contributed by atoms with van der Waals surface area (Å²) in [5, 5.41) is 0. The summed E-state index contributed by atoms with van der Waals surface area (Å²) in [7, 11) is 0. The molecule has 2 rings (SSSR count). The van der Waals surface area contributed by atoms with E-state index in [1.807, 2.05) is 0 Å². The lowest BCUT2D eigenvalue weighted by atomic mass is 10.1. The van der Waals surface area contributed by atoms with Crippen molar-refractivity contribution in [2.45, 2.75) is 20.0 Å². The number of thiophene rings is 1. The van der Waals surface area contributed by atoms with Crippen LogP contribution >= 0.6 is 27.3 Å². The predicted octanol–water partition coefficient (Wildman–Crippen LogP) is 6.04. The van der Waals surface area contributed by atoms with Gasteiger partial charge < -0.3 is 0 Å². The van der Waals surface area contributed by atoms with Crippen LogP contribution in [0.25, 0.3) is 10.4 Å². The molecule has 0 saturated carbocycles. The zero-order valence-corrected chi connectivity index (χ0v) is 13.7. The zero-order valence-electron chi connectivity index (χ0n) is 11.3. The molecule has 0 N–H and O–H groups in total. The second-order valence-corrected chi connectivity index (χ2v) is 6.91. The van der Waals surface area contributed by atoms with Crippen molar-refractivity contribution in [3.05, 3.63) is 45.2 Å². The normalized spacial score (nSPS) is 12.0. The topological polar surface area (TPSA) is 17.1 Å². The molecular formula is C15H12BrF3OS. The van der Waals surface area contributed by atoms with Crippen LogP contribution in [0.5, 0.6) is 0 Å². The third-order valence-corrected chi connectivity index (χ3v) is 4.49. The monoisotopic (exact) mass is 376 g/mol. The van der Waals surface area contributed by atoms with Crippen molar-refractivity contribution in [3.63, 3.8) is 0 Å². The molecule has 0 fully saturated rings. The number of carbonyl (C=O) groups excluding carboxylic acids is 1. The quantitative estimate of drug-likeness (QED) is 0.597. The summed E-state index contributed by atoms with van der Waals surface area (Å²) in [6.45, 7) is 3.59. The highest BCUT2D eigenvalue weighted by Crippen LogP contribution is 2.37. The minimum absolute atomic E-state index is 0.00251. The second kappa shape index (κ2) is 5.93. The van der Waals surface area contributed by atoms with Crippen molar-refractivity contribution in [2.75, 3.05) is 0 Å². The number of ketones is 1. The fraction of sp³-hybridized carbons (Fsp3) is 0.267. The number of halogens is 4. The van der Waals surface area contributed by atoms with Crippen LogP contribution in [0, 0.1) is 5.92 Å². The van der Waals surface area contributed by atoms with E-state index < -0.39 is 11.7 Å². The number of Topliss-reactive ketones (excluding diaryl/α,β-unsaturated/α-hetero) is 1. The van der Waals surface area contributed by atoms with E-state index in [4.69, 9.17) is 0 Å². The first kappa shape index (κ1) is 16.2. The number of hydrogen-bond donors (Lipinski definition) is 0. The molecule has 1 nitrogen and oxygen atoms in total. The molecule has 1 aromatic carbocycles. The smallest absolute Gasteiger partial charge is 0.293 e. The van der Waals surface area contributed by atoms with Gasteiger partial charge in [-0.15, -0.1) is 11.3 Å². The number of hydrogen-bond acceptors (Lipinski definition) is 2. The van der Waals surface area contributed by atoms with Crippen LogP contribution in [-0.2, 0) is 6.18 Å². The van der Waals surface area contributed by atoms with Gasteiger partial charge in [0.15, 0.2) is 5.78 Å². The van der Waals surface area contributed by atoms with Gasteiger partial charge in [0.25, 0.3) is 0 Å². The maximum absolute atomic E-state index is 12.8. The van der Waals surface area contributed by atoms with Gasteiger partial charge in [-0.3, -0.25) is 4.79 Å². The SMILES string of the molecule is CC(C)C(=O)c1ccc(-c2cc(Br)cc(C(F)(F)F)c2)s1. The Balaban J connectivity index is 2.43. The molecule has 0 bridgehead atoms. The van der Waals surface area contributed by atoms with Crippen LogP contribution in [0.1, 0.15) is 29.1 Å². The van der Waals surface area contributed by atoms with Gasteiger partial charge in [-0.25, -0.2) is 0 Å². The Kier molecular flexibility index (Phi) is 4.58. The third-order valence-electron chi connectivity index (χ3n) is 2.88. The van der Waals surface area contributed by atoms with Gasteiger partial charge >= 0.3 is 6.18 Å². The molecule has 0 aliphatic heterocycles. The standard InChI is InChI=1S/C15H12BrF3OS/c1-8(2)14(20)13-4-3-12(21-13)9-5-10(15(17,18)19)7-11(16)6-9/h3-8H,1-2H3. The van der Waals surface area contributed by atoms with E-state index in [2.05, 4.69) is 15.9 Å². The molecule has 0 aliphatic rings. The van der Waals surface area contributed by atoms with Gasteiger partial charge in [-0.1, -0.05) is 29.8 Å². The molecule has 0 unspecified atom stereocenters. The van der Waals surface area contributed by atoms with E-state index in [1.165, 1.54) is 11.3 Å². The zero-order chi connectivity index (χ0) is 15.8. The van der Waals surface area contributed by atoms with Crippen LogP contribution in [0.3, 0.4) is 0 Å². The molecule has 21 heavy (non-hydrogen) atoms. The Bertz CT molecular complexity index is 674. The molecule has 0 aliphatic carbocycles. The van der Waals surface area contributed by atoms with Gasteiger partial charge in [-0.05, 0) is 35.9 Å². The van der Waals surface area contributed by atoms with Crippen molar-refractivity contribution >= 4 is 33.0 Å². The molecule has 1 aromatic heterocycles. The van der Waals surface area contributed by atoms with Crippen LogP contribution in [0.15, 0.2) is 34.8 Å². The van der Waals surface area contributed by atoms with Crippen LogP contribution in [0.2, 0.25) is 0 Å². The average Bonchev–Trinajstić information content (AvgIpc) is 2.85. The van der Waals surface area contributed by atoms with E-state index >= 15 is 0 Å². The highest BCUT2D eigenvalue weighted by molar-refractivity contribution is 9.10. The Hall–Kier alpha value is -1.14. The lowest BCUT2D eigenvalue weighted by Gasteiger charge is -2.09. The maximum atomic E-state index is 12.8. The molecule has 1 heterocycles. The molecule has 0 amide bonds. The molecule has 0 saturated heterocycles. The van der Waals surface area contributed by atoms with Crippen molar-refractivity contribution < 1.29 is 18.0 Å². The molecule has 6 heteroatoms. The maximum Gasteiger partial charge on any atom is 0.416 e. The van der Waals surface area contributed by atoms with E-state index in [0.717, 1.165) is 12.1 Å². The highest BCUT2D eigenvalue weighted by atomic mass is 79.9. The Morgan fingerprint density at radius 2 is 1.86 bits per heavy atom. The molecule has 112 valence electrons. The fourth-order valence-corrected chi connectivity index (χ4v) is 3.38. The average molecular weight is 377 g/mol. The van der Waals surface area contributed by atoms with Gasteiger partial charge in [0, 0.05) is 15.3 Å². The van der Waals surface area contributed by atoms with Gasteiger partial charge in [0.05, 0.1) is 10.4 Å². The molecule has 2 aromatic rings. The molecule has 0 atom stereocenters. The lowest BCUT2D eigenvalue weighted by Crippen LogP contribution is -2.05. The van der Waals surface area contributed by atoms with Gasteiger partial charge in [0.1, 0.15) is 0 Å². The summed E-state index contributed by atoms with van der Waals surface area (Å²) in [6.07, 6.45) is -4.40. The van der Waals surface area contributed by atoms with E-state index in [-0.39, 0.29) is 11.7 Å². The summed E-state index contributed by atoms with van der Waals surface area (Å²) in [5.41, 5.74) is -0.262. The Morgan fingerprint density at radius 3 is 2.43 bits per heavy atom. The summed E-state index contributed by atoms with van der Waals surface area (Å²) in [4.78, 5) is 13.1. The lowest BCUT2D eigenvalue weighted by molar-refractivity contribution is -0.137. The van der Waals surface area contributed by atoms with Crippen molar-refractivity contribution in [1.29, 1.82) is 0 Å². The first-order valence-electron chi connectivity index (χ1n) is 6.20. The van der Waals surface area contributed by atoms with E-state index in [0.29, 0.717) is 19.8 Å². The number of carbonyl (C=O) groups is 1. The van der Waals surface area contributed by atoms with Crippen molar-refractivity contribution in [2.24, 2.45) is 5.92 Å². The van der Waals surface area contributed by atoms with Crippen molar-refractivity contribution in [3.8, 4) is 10.4 Å². The summed E-state index contributed by atoms with van der Waals surface area (Å²) >= 11 is 4.31. The summed E-state index contributed by atoms with van der Waals surface area (Å²) in [5.74, 6) is -0.137. The Morgan fingerprint density at radius 1 is 1.19 bits per heavy atom. The van der Waals surface area contributed by atoms with Gasteiger partial charge in [-0.2, -0.15) is 13.2 Å². The fourth-order valence-electron chi connectivity index (χ4n) is 1.81. The first-order valence-corrected chi connectivity index (χ1v) is 7.81. The largest absolute Gasteiger partial charge is 0.416 e. The summed E-state index contributed by atoms with van der Waals surface area (Å²) < 4.78 is 38.9. The van der Waals surface area contributed by atoms with Crippen molar-refractivity contribution in [1.82, 2.24) is 0 Å². The minimum Gasteiger partial charge on any atom is -0.293 e. The predicted molar refractivity (Wildman–Crippen MR) is 81.6 cm³/mol. The molecule has 0 radical (unpaired) electrons. The summed E-state index contributed by atoms with van der Waals surface area (Å²) in [6, 6.07) is 7.10. The highest BCUT2D eigenvalue weighted by Gasteiger charge is 2.31. The third kappa shape index (κ3) is 3.74. The number of alkyl halides is 3. The molecular weight excluding hydrogens is 365 g/mol. The molecule has 0 spiro atoms.